The fourth-order valence-corrected chi connectivity index (χ4v) is 1.70. The van der Waals surface area contributed by atoms with Gasteiger partial charge in [-0.25, -0.2) is 0 Å². The Labute approximate surface area is 99.2 Å². The van der Waals surface area contributed by atoms with Crippen LogP contribution in [0.15, 0.2) is 12.3 Å². The highest BCUT2D eigenvalue weighted by Gasteiger charge is 2.02. The van der Waals surface area contributed by atoms with Crippen LogP contribution in [0, 0.1) is 12.8 Å². The molecule has 1 N–H and O–H groups in total. The van der Waals surface area contributed by atoms with Crippen molar-refractivity contribution in [2.45, 2.75) is 53.1 Å². The van der Waals surface area contributed by atoms with Gasteiger partial charge in [-0.15, -0.1) is 0 Å². The normalized spacial score (nSPS) is 13.3. The molecule has 0 spiro atoms. The lowest BCUT2D eigenvalue weighted by molar-refractivity contribution is 0.434. The molecule has 92 valence electrons. The van der Waals surface area contributed by atoms with Crippen molar-refractivity contribution in [2.24, 2.45) is 5.92 Å². The van der Waals surface area contributed by atoms with Crippen molar-refractivity contribution in [2.75, 3.05) is 6.54 Å². The molecule has 0 radical (unpaired) electrons. The molecule has 16 heavy (non-hydrogen) atoms. The third-order valence-corrected chi connectivity index (χ3v) is 2.78. The van der Waals surface area contributed by atoms with Crippen LogP contribution in [0.5, 0.6) is 0 Å². The molecule has 3 heteroatoms. The molecule has 1 aromatic rings. The van der Waals surface area contributed by atoms with E-state index in [2.05, 4.69) is 31.2 Å². The number of nitrogens with zero attached hydrogens (tertiary/aromatic N) is 2. The molecule has 1 aromatic heterocycles. The Hall–Kier alpha value is -0.830. The first-order valence-corrected chi connectivity index (χ1v) is 6.31. The van der Waals surface area contributed by atoms with Crippen molar-refractivity contribution in [1.29, 1.82) is 0 Å². The van der Waals surface area contributed by atoms with E-state index in [0.29, 0.717) is 6.04 Å². The van der Waals surface area contributed by atoms with Gasteiger partial charge in [-0.3, -0.25) is 4.68 Å². The summed E-state index contributed by atoms with van der Waals surface area (Å²) in [6.07, 6.45) is 4.60. The summed E-state index contributed by atoms with van der Waals surface area (Å²) < 4.78 is 2.00. The topological polar surface area (TPSA) is 29.9 Å². The average molecular weight is 223 g/mol. The molecular weight excluding hydrogens is 198 g/mol. The molecule has 0 saturated heterocycles. The van der Waals surface area contributed by atoms with Gasteiger partial charge in [0, 0.05) is 18.8 Å². The van der Waals surface area contributed by atoms with Crippen LogP contribution in [-0.4, -0.2) is 22.4 Å². The third-order valence-electron chi connectivity index (χ3n) is 2.78. The van der Waals surface area contributed by atoms with Crippen molar-refractivity contribution in [3.05, 3.63) is 18.0 Å². The van der Waals surface area contributed by atoms with Gasteiger partial charge in [0.2, 0.25) is 0 Å². The minimum absolute atomic E-state index is 0.610. The Morgan fingerprint density at radius 1 is 1.31 bits per heavy atom. The Balaban J connectivity index is 2.10. The zero-order valence-corrected chi connectivity index (χ0v) is 11.0. The second-order valence-corrected chi connectivity index (χ2v) is 5.05. The highest BCUT2D eigenvalue weighted by molar-refractivity contribution is 4.94. The van der Waals surface area contributed by atoms with Gasteiger partial charge in [0.25, 0.3) is 0 Å². The standard InChI is InChI=1S/C13H25N3/c1-11(2)5-6-12(3)14-8-10-16-9-7-13(4)15-16/h7,9,11-12,14H,5-6,8,10H2,1-4H3. The van der Waals surface area contributed by atoms with E-state index in [0.717, 1.165) is 24.7 Å². The van der Waals surface area contributed by atoms with Crippen LogP contribution in [0.1, 0.15) is 39.3 Å². The van der Waals surface area contributed by atoms with Gasteiger partial charge in [0.05, 0.1) is 12.2 Å². The molecule has 0 fully saturated rings. The first-order chi connectivity index (χ1) is 7.58. The summed E-state index contributed by atoms with van der Waals surface area (Å²) in [6.45, 7) is 10.8. The summed E-state index contributed by atoms with van der Waals surface area (Å²) in [5, 5.41) is 7.89. The molecule has 0 aliphatic heterocycles. The van der Waals surface area contributed by atoms with Crippen molar-refractivity contribution in [1.82, 2.24) is 15.1 Å². The third kappa shape index (κ3) is 5.31. The van der Waals surface area contributed by atoms with Crippen molar-refractivity contribution < 1.29 is 0 Å². The molecule has 0 amide bonds. The number of rotatable bonds is 7. The second kappa shape index (κ2) is 6.69. The second-order valence-electron chi connectivity index (χ2n) is 5.05. The zero-order chi connectivity index (χ0) is 12.0. The first kappa shape index (κ1) is 13.2. The van der Waals surface area contributed by atoms with E-state index in [1.807, 2.05) is 23.9 Å². The van der Waals surface area contributed by atoms with Crippen LogP contribution in [-0.2, 0) is 6.54 Å². The fraction of sp³-hybridized carbons (Fsp3) is 0.769. The highest BCUT2D eigenvalue weighted by atomic mass is 15.3. The maximum absolute atomic E-state index is 4.36. The number of hydrogen-bond donors (Lipinski definition) is 1. The molecule has 1 rings (SSSR count). The Kier molecular flexibility index (Phi) is 5.53. The van der Waals surface area contributed by atoms with Gasteiger partial charge < -0.3 is 5.32 Å². The largest absolute Gasteiger partial charge is 0.312 e. The maximum Gasteiger partial charge on any atom is 0.0593 e. The summed E-state index contributed by atoms with van der Waals surface area (Å²) in [5.41, 5.74) is 1.09. The van der Waals surface area contributed by atoms with Gasteiger partial charge in [0.15, 0.2) is 0 Å². The number of aromatic nitrogens is 2. The Bertz CT molecular complexity index is 291. The molecule has 0 aliphatic carbocycles. The minimum Gasteiger partial charge on any atom is -0.312 e. The Morgan fingerprint density at radius 2 is 2.06 bits per heavy atom. The molecule has 1 atom stereocenters. The van der Waals surface area contributed by atoms with E-state index in [1.165, 1.54) is 12.8 Å². The smallest absolute Gasteiger partial charge is 0.0593 e. The van der Waals surface area contributed by atoms with Crippen molar-refractivity contribution in [3.63, 3.8) is 0 Å². The molecule has 1 heterocycles. The molecule has 0 saturated carbocycles. The summed E-state index contributed by atoms with van der Waals surface area (Å²) in [5.74, 6) is 0.804. The molecule has 1 unspecified atom stereocenters. The highest BCUT2D eigenvalue weighted by Crippen LogP contribution is 2.06. The maximum atomic E-state index is 4.36. The van der Waals surface area contributed by atoms with E-state index in [1.54, 1.807) is 0 Å². The van der Waals surface area contributed by atoms with Gasteiger partial charge in [-0.1, -0.05) is 13.8 Å². The minimum atomic E-state index is 0.610. The SMILES string of the molecule is Cc1ccn(CCNC(C)CCC(C)C)n1. The van der Waals surface area contributed by atoms with E-state index >= 15 is 0 Å². The van der Waals surface area contributed by atoms with Gasteiger partial charge in [0.1, 0.15) is 0 Å². The van der Waals surface area contributed by atoms with Crippen molar-refractivity contribution in [3.8, 4) is 0 Å². The molecule has 3 nitrogen and oxygen atoms in total. The molecule has 0 bridgehead atoms. The lowest BCUT2D eigenvalue weighted by atomic mass is 10.0. The van der Waals surface area contributed by atoms with E-state index in [9.17, 15) is 0 Å². The van der Waals surface area contributed by atoms with Crippen LogP contribution < -0.4 is 5.32 Å². The predicted octanol–water partition coefficient (Wildman–Crippen LogP) is 2.61. The summed E-state index contributed by atoms with van der Waals surface area (Å²) in [6, 6.07) is 2.65. The van der Waals surface area contributed by atoms with E-state index < -0.39 is 0 Å². The predicted molar refractivity (Wildman–Crippen MR) is 68.5 cm³/mol. The van der Waals surface area contributed by atoms with Crippen LogP contribution in [0.4, 0.5) is 0 Å². The Morgan fingerprint density at radius 3 is 2.62 bits per heavy atom. The van der Waals surface area contributed by atoms with Gasteiger partial charge in [-0.05, 0) is 38.7 Å². The number of nitrogens with one attached hydrogen (secondary N) is 1. The summed E-state index contributed by atoms with van der Waals surface area (Å²) in [4.78, 5) is 0. The molecule has 0 aromatic carbocycles. The summed E-state index contributed by atoms with van der Waals surface area (Å²) >= 11 is 0. The quantitative estimate of drug-likeness (QED) is 0.770. The van der Waals surface area contributed by atoms with Crippen LogP contribution >= 0.6 is 0 Å². The van der Waals surface area contributed by atoms with E-state index in [-0.39, 0.29) is 0 Å². The lowest BCUT2D eigenvalue weighted by Crippen LogP contribution is -2.29. The number of hydrogen-bond acceptors (Lipinski definition) is 2. The van der Waals surface area contributed by atoms with E-state index in [4.69, 9.17) is 0 Å². The number of aryl methyl sites for hydroxylation is 1. The van der Waals surface area contributed by atoms with Crippen LogP contribution in [0.25, 0.3) is 0 Å². The van der Waals surface area contributed by atoms with Crippen LogP contribution in [0.2, 0.25) is 0 Å². The lowest BCUT2D eigenvalue weighted by Gasteiger charge is -2.14. The van der Waals surface area contributed by atoms with Gasteiger partial charge >= 0.3 is 0 Å². The molecular formula is C13H25N3. The molecule has 0 aliphatic rings. The summed E-state index contributed by atoms with van der Waals surface area (Å²) in [7, 11) is 0. The first-order valence-electron chi connectivity index (χ1n) is 6.31. The monoisotopic (exact) mass is 223 g/mol. The zero-order valence-electron chi connectivity index (χ0n) is 11.0. The average Bonchev–Trinajstić information content (AvgIpc) is 2.61. The van der Waals surface area contributed by atoms with Crippen LogP contribution in [0.3, 0.4) is 0 Å². The van der Waals surface area contributed by atoms with Crippen molar-refractivity contribution >= 4 is 0 Å². The van der Waals surface area contributed by atoms with Gasteiger partial charge in [-0.2, -0.15) is 5.10 Å². The fourth-order valence-electron chi connectivity index (χ4n) is 1.70.